The molecule has 2 aliphatic heterocycles. The van der Waals surface area contributed by atoms with E-state index in [-0.39, 0.29) is 0 Å². The number of aryl methyl sites for hydroxylation is 1. The van der Waals surface area contributed by atoms with Gasteiger partial charge in [-0.25, -0.2) is 4.98 Å². The number of anilines is 1. The lowest BCUT2D eigenvalue weighted by Gasteiger charge is -2.26. The second kappa shape index (κ2) is 14.2. The average Bonchev–Trinajstić information content (AvgIpc) is 3.76. The summed E-state index contributed by atoms with van der Waals surface area (Å²) >= 11 is 0. The van der Waals surface area contributed by atoms with Crippen molar-refractivity contribution in [3.8, 4) is 34.2 Å². The van der Waals surface area contributed by atoms with E-state index in [9.17, 15) is 0 Å². The lowest BCUT2D eigenvalue weighted by molar-refractivity contribution is 0.0398. The lowest BCUT2D eigenvalue weighted by atomic mass is 9.99. The number of morpholine rings is 1. The predicted molar refractivity (Wildman–Crippen MR) is 179 cm³/mol. The second-order valence-electron chi connectivity index (χ2n) is 12.0. The summed E-state index contributed by atoms with van der Waals surface area (Å²) in [6.45, 7) is 10.1. The van der Waals surface area contributed by atoms with Gasteiger partial charge in [0.2, 0.25) is 0 Å². The van der Waals surface area contributed by atoms with E-state index in [2.05, 4.69) is 85.9 Å². The fraction of sp³-hybridized carbons (Fsp3) is 0.324. The molecule has 2 fully saturated rings. The zero-order valence-corrected chi connectivity index (χ0v) is 26.3. The summed E-state index contributed by atoms with van der Waals surface area (Å²) in [5.74, 6) is 4.10. The third-order valence-electron chi connectivity index (χ3n) is 8.74. The average molecular weight is 617 g/mol. The first-order valence-corrected chi connectivity index (χ1v) is 16.2. The predicted octanol–water partition coefficient (Wildman–Crippen LogP) is 6.63. The van der Waals surface area contributed by atoms with Gasteiger partial charge in [-0.1, -0.05) is 53.7 Å². The first kappa shape index (κ1) is 30.1. The van der Waals surface area contributed by atoms with Crippen LogP contribution in [0.25, 0.3) is 22.7 Å². The van der Waals surface area contributed by atoms with Gasteiger partial charge < -0.3 is 19.3 Å². The number of aromatic nitrogens is 3. The van der Waals surface area contributed by atoms with Gasteiger partial charge in [0, 0.05) is 56.0 Å². The minimum absolute atomic E-state index is 0.498. The molecule has 4 heterocycles. The Bertz CT molecular complexity index is 1720. The molecule has 0 aliphatic carbocycles. The SMILES string of the molecule is Cc1noc(-c2ccc(Oc3cc(-c4cccc(NCCN5CCOCC5)n4)ccc3CN3CCC(c4ccccc4)C3)cc2)n1. The molecule has 9 nitrogen and oxygen atoms in total. The van der Waals surface area contributed by atoms with Gasteiger partial charge in [-0.15, -0.1) is 0 Å². The molecule has 2 aromatic heterocycles. The monoisotopic (exact) mass is 616 g/mol. The Balaban J connectivity index is 1.10. The number of nitrogens with zero attached hydrogens (tertiary/aromatic N) is 5. The molecule has 2 aliphatic rings. The topological polar surface area (TPSA) is 88.8 Å². The zero-order valence-electron chi connectivity index (χ0n) is 26.3. The smallest absolute Gasteiger partial charge is 0.257 e. The van der Waals surface area contributed by atoms with Crippen LogP contribution in [-0.4, -0.2) is 77.4 Å². The van der Waals surface area contributed by atoms with Crippen LogP contribution in [-0.2, 0) is 11.3 Å². The number of rotatable bonds is 11. The molecule has 0 bridgehead atoms. The normalized spacial score (nSPS) is 17.3. The first-order valence-electron chi connectivity index (χ1n) is 16.2. The van der Waals surface area contributed by atoms with Crippen molar-refractivity contribution in [3.63, 3.8) is 0 Å². The molecule has 0 amide bonds. The number of pyridine rings is 1. The van der Waals surface area contributed by atoms with Crippen molar-refractivity contribution in [1.29, 1.82) is 0 Å². The molecule has 7 rings (SSSR count). The van der Waals surface area contributed by atoms with E-state index in [1.807, 2.05) is 37.3 Å². The maximum absolute atomic E-state index is 6.60. The molecular formula is C37H40N6O3. The highest BCUT2D eigenvalue weighted by Gasteiger charge is 2.25. The lowest BCUT2D eigenvalue weighted by Crippen LogP contribution is -2.39. The third-order valence-corrected chi connectivity index (χ3v) is 8.74. The van der Waals surface area contributed by atoms with Crippen molar-refractivity contribution in [1.82, 2.24) is 24.9 Å². The van der Waals surface area contributed by atoms with E-state index in [4.69, 9.17) is 19.0 Å². The number of hydrogen-bond donors (Lipinski definition) is 1. The highest BCUT2D eigenvalue weighted by molar-refractivity contribution is 5.65. The van der Waals surface area contributed by atoms with E-state index in [0.717, 1.165) is 105 Å². The Morgan fingerprint density at radius 2 is 1.67 bits per heavy atom. The molecule has 2 saturated heterocycles. The van der Waals surface area contributed by atoms with E-state index in [1.165, 1.54) is 5.56 Å². The molecule has 1 N–H and O–H groups in total. The van der Waals surface area contributed by atoms with Crippen molar-refractivity contribution in [2.24, 2.45) is 0 Å². The highest BCUT2D eigenvalue weighted by Crippen LogP contribution is 2.35. The van der Waals surface area contributed by atoms with Crippen molar-refractivity contribution < 1.29 is 14.0 Å². The molecule has 0 radical (unpaired) electrons. The summed E-state index contributed by atoms with van der Waals surface area (Å²) in [5.41, 5.74) is 5.33. The molecule has 1 atom stereocenters. The third kappa shape index (κ3) is 7.45. The maximum atomic E-state index is 6.60. The van der Waals surface area contributed by atoms with Crippen LogP contribution in [0.2, 0.25) is 0 Å². The van der Waals surface area contributed by atoms with Crippen LogP contribution in [0.15, 0.2) is 95.5 Å². The van der Waals surface area contributed by atoms with Gasteiger partial charge in [0.25, 0.3) is 5.89 Å². The fourth-order valence-corrected chi connectivity index (χ4v) is 6.22. The van der Waals surface area contributed by atoms with E-state index < -0.39 is 0 Å². The van der Waals surface area contributed by atoms with E-state index in [1.54, 1.807) is 0 Å². The van der Waals surface area contributed by atoms with Crippen molar-refractivity contribution in [2.45, 2.75) is 25.8 Å². The van der Waals surface area contributed by atoms with Crippen LogP contribution in [0.1, 0.15) is 29.3 Å². The quantitative estimate of drug-likeness (QED) is 0.176. The fourth-order valence-electron chi connectivity index (χ4n) is 6.22. The van der Waals surface area contributed by atoms with Crippen molar-refractivity contribution in [2.75, 3.05) is 57.8 Å². The summed E-state index contributed by atoms with van der Waals surface area (Å²) in [5, 5.41) is 7.42. The first-order chi connectivity index (χ1) is 22.7. The van der Waals surface area contributed by atoms with Crippen LogP contribution in [0.5, 0.6) is 11.5 Å². The van der Waals surface area contributed by atoms with Gasteiger partial charge in [0.15, 0.2) is 5.82 Å². The Kier molecular flexibility index (Phi) is 9.32. The summed E-state index contributed by atoms with van der Waals surface area (Å²) in [6, 6.07) is 31.2. The molecule has 0 saturated carbocycles. The highest BCUT2D eigenvalue weighted by atomic mass is 16.5. The largest absolute Gasteiger partial charge is 0.457 e. The molecule has 0 spiro atoms. The van der Waals surface area contributed by atoms with Crippen molar-refractivity contribution >= 4 is 5.82 Å². The molecular weight excluding hydrogens is 576 g/mol. The molecule has 1 unspecified atom stereocenters. The number of hydrogen-bond acceptors (Lipinski definition) is 9. The van der Waals surface area contributed by atoms with E-state index in [0.29, 0.717) is 17.6 Å². The molecule has 9 heteroatoms. The minimum Gasteiger partial charge on any atom is -0.457 e. The van der Waals surface area contributed by atoms with Gasteiger partial charge in [-0.3, -0.25) is 9.80 Å². The van der Waals surface area contributed by atoms with Crippen molar-refractivity contribution in [3.05, 3.63) is 108 Å². The van der Waals surface area contributed by atoms with Gasteiger partial charge in [0.1, 0.15) is 17.3 Å². The Morgan fingerprint density at radius 3 is 2.48 bits per heavy atom. The van der Waals surface area contributed by atoms with Crippen LogP contribution in [0.3, 0.4) is 0 Å². The van der Waals surface area contributed by atoms with Crippen LogP contribution < -0.4 is 10.1 Å². The molecule has 3 aromatic carbocycles. The van der Waals surface area contributed by atoms with Crippen LogP contribution >= 0.6 is 0 Å². The standard InChI is InChI=1S/C37H40N6O3/c1-27-39-37(46-41-27)29-12-14-33(15-13-29)45-35-24-30(34-8-5-9-36(40-34)38-17-19-42-20-22-44-23-21-42)10-11-32(35)26-43-18-16-31(25-43)28-6-3-2-4-7-28/h2-15,24,31H,16-23,25-26H2,1H3,(H,38,40). The Morgan fingerprint density at radius 1 is 0.848 bits per heavy atom. The molecule has 46 heavy (non-hydrogen) atoms. The maximum Gasteiger partial charge on any atom is 0.257 e. The van der Waals surface area contributed by atoms with Gasteiger partial charge in [0.05, 0.1) is 18.9 Å². The molecule has 5 aromatic rings. The number of nitrogens with one attached hydrogen (secondary N) is 1. The van der Waals surface area contributed by atoms with E-state index >= 15 is 0 Å². The summed E-state index contributed by atoms with van der Waals surface area (Å²) < 4.78 is 17.4. The summed E-state index contributed by atoms with van der Waals surface area (Å²) in [4.78, 5) is 14.2. The Labute approximate surface area is 270 Å². The summed E-state index contributed by atoms with van der Waals surface area (Å²) in [7, 11) is 0. The Hall–Kier alpha value is -4.57. The summed E-state index contributed by atoms with van der Waals surface area (Å²) in [6.07, 6.45) is 1.16. The second-order valence-corrected chi connectivity index (χ2v) is 12.0. The number of ether oxygens (including phenoxy) is 2. The number of benzene rings is 3. The van der Waals surface area contributed by atoms with Crippen LogP contribution in [0, 0.1) is 6.92 Å². The van der Waals surface area contributed by atoms with Gasteiger partial charge >= 0.3 is 0 Å². The van der Waals surface area contributed by atoms with Gasteiger partial charge in [-0.2, -0.15) is 4.98 Å². The zero-order chi connectivity index (χ0) is 31.1. The van der Waals surface area contributed by atoms with Gasteiger partial charge in [-0.05, 0) is 73.8 Å². The number of likely N-dealkylation sites (tertiary alicyclic amines) is 1. The van der Waals surface area contributed by atoms with Crippen LogP contribution in [0.4, 0.5) is 5.82 Å². The molecule has 236 valence electrons. The minimum atomic E-state index is 0.498.